The van der Waals surface area contributed by atoms with Crippen molar-refractivity contribution in [1.29, 1.82) is 0 Å². The summed E-state index contributed by atoms with van der Waals surface area (Å²) >= 11 is 0. The third-order valence-electron chi connectivity index (χ3n) is 4.56. The molecule has 0 amide bonds. The molecule has 0 aliphatic carbocycles. The molecule has 0 saturated carbocycles. The SMILES string of the molecule is CN=C(NCc1nccn1C)N1CCC(Cc2ccc(F)cc2)C1. The van der Waals surface area contributed by atoms with Crippen molar-refractivity contribution in [3.8, 4) is 0 Å². The third kappa shape index (κ3) is 3.93. The highest BCUT2D eigenvalue weighted by Crippen LogP contribution is 2.21. The van der Waals surface area contributed by atoms with E-state index in [4.69, 9.17) is 0 Å². The van der Waals surface area contributed by atoms with Gasteiger partial charge in [-0.3, -0.25) is 4.99 Å². The minimum atomic E-state index is -0.175. The molecule has 1 aliphatic rings. The summed E-state index contributed by atoms with van der Waals surface area (Å²) in [6.45, 7) is 2.62. The first-order chi connectivity index (χ1) is 11.7. The van der Waals surface area contributed by atoms with Gasteiger partial charge in [0.1, 0.15) is 11.6 Å². The lowest BCUT2D eigenvalue weighted by Crippen LogP contribution is -2.40. The van der Waals surface area contributed by atoms with E-state index >= 15 is 0 Å². The van der Waals surface area contributed by atoms with E-state index in [0.29, 0.717) is 12.5 Å². The molecule has 1 N–H and O–H groups in total. The van der Waals surface area contributed by atoms with Gasteiger partial charge >= 0.3 is 0 Å². The lowest BCUT2D eigenvalue weighted by atomic mass is 9.99. The zero-order chi connectivity index (χ0) is 16.9. The van der Waals surface area contributed by atoms with Crippen LogP contribution in [-0.4, -0.2) is 40.5 Å². The van der Waals surface area contributed by atoms with Gasteiger partial charge in [-0.2, -0.15) is 0 Å². The Balaban J connectivity index is 1.53. The molecule has 1 aliphatic heterocycles. The van der Waals surface area contributed by atoms with Crippen LogP contribution in [0.1, 0.15) is 17.8 Å². The van der Waals surface area contributed by atoms with Gasteiger partial charge in [-0.1, -0.05) is 12.1 Å². The first kappa shape index (κ1) is 16.5. The van der Waals surface area contributed by atoms with Gasteiger partial charge in [-0.05, 0) is 36.5 Å². The number of rotatable bonds is 4. The number of hydrogen-bond donors (Lipinski definition) is 1. The van der Waals surface area contributed by atoms with E-state index in [1.54, 1.807) is 6.20 Å². The van der Waals surface area contributed by atoms with Gasteiger partial charge in [-0.15, -0.1) is 0 Å². The molecule has 2 aromatic rings. The van der Waals surface area contributed by atoms with Crippen LogP contribution in [0.3, 0.4) is 0 Å². The number of halogens is 1. The molecule has 1 aromatic heterocycles. The number of aryl methyl sites for hydroxylation is 1. The first-order valence-corrected chi connectivity index (χ1v) is 8.32. The van der Waals surface area contributed by atoms with Crippen LogP contribution in [0.2, 0.25) is 0 Å². The highest BCUT2D eigenvalue weighted by atomic mass is 19.1. The standard InChI is InChI=1S/C18H24FN5/c1-20-18(22-12-17-21-8-10-23(17)2)24-9-7-15(13-24)11-14-3-5-16(19)6-4-14/h3-6,8,10,15H,7,9,11-13H2,1-2H3,(H,20,22). The topological polar surface area (TPSA) is 45.5 Å². The molecule has 1 saturated heterocycles. The van der Waals surface area contributed by atoms with Crippen LogP contribution < -0.4 is 5.32 Å². The van der Waals surface area contributed by atoms with Crippen LogP contribution in [0.5, 0.6) is 0 Å². The van der Waals surface area contributed by atoms with Crippen molar-refractivity contribution in [3.05, 3.63) is 53.9 Å². The number of imidazole rings is 1. The van der Waals surface area contributed by atoms with Gasteiger partial charge in [0.2, 0.25) is 0 Å². The molecule has 0 spiro atoms. The summed E-state index contributed by atoms with van der Waals surface area (Å²) in [5.74, 6) is 2.30. The molecular formula is C18H24FN5. The number of nitrogens with zero attached hydrogens (tertiary/aromatic N) is 4. The van der Waals surface area contributed by atoms with Gasteiger partial charge < -0.3 is 14.8 Å². The second-order valence-electron chi connectivity index (χ2n) is 6.29. The largest absolute Gasteiger partial charge is 0.349 e. The second-order valence-corrected chi connectivity index (χ2v) is 6.29. The first-order valence-electron chi connectivity index (χ1n) is 8.32. The third-order valence-corrected chi connectivity index (χ3v) is 4.56. The molecule has 5 nitrogen and oxygen atoms in total. The summed E-state index contributed by atoms with van der Waals surface area (Å²) in [5.41, 5.74) is 1.19. The van der Waals surface area contributed by atoms with Crippen molar-refractivity contribution in [2.75, 3.05) is 20.1 Å². The van der Waals surface area contributed by atoms with E-state index in [1.807, 2.05) is 37.0 Å². The number of benzene rings is 1. The minimum absolute atomic E-state index is 0.175. The van der Waals surface area contributed by atoms with Gasteiger partial charge in [0, 0.05) is 39.6 Å². The number of hydrogen-bond acceptors (Lipinski definition) is 2. The molecule has 1 fully saturated rings. The van der Waals surface area contributed by atoms with E-state index in [0.717, 1.165) is 37.7 Å². The predicted octanol–water partition coefficient (Wildman–Crippen LogP) is 2.20. The highest BCUT2D eigenvalue weighted by molar-refractivity contribution is 5.80. The Kier molecular flexibility index (Phi) is 5.13. The maximum absolute atomic E-state index is 13.0. The Morgan fingerprint density at radius 1 is 1.38 bits per heavy atom. The molecular weight excluding hydrogens is 305 g/mol. The molecule has 1 atom stereocenters. The van der Waals surface area contributed by atoms with E-state index in [-0.39, 0.29) is 5.82 Å². The highest BCUT2D eigenvalue weighted by Gasteiger charge is 2.25. The summed E-state index contributed by atoms with van der Waals surface area (Å²) in [7, 11) is 3.80. The van der Waals surface area contributed by atoms with Crippen LogP contribution in [0.4, 0.5) is 4.39 Å². The molecule has 1 unspecified atom stereocenters. The fourth-order valence-corrected chi connectivity index (χ4v) is 3.20. The molecule has 0 radical (unpaired) electrons. The number of aromatic nitrogens is 2. The Labute approximate surface area is 142 Å². The molecule has 1 aromatic carbocycles. The van der Waals surface area contributed by atoms with Crippen molar-refractivity contribution in [3.63, 3.8) is 0 Å². The Bertz CT molecular complexity index is 692. The zero-order valence-corrected chi connectivity index (χ0v) is 14.2. The van der Waals surface area contributed by atoms with Crippen LogP contribution in [0.15, 0.2) is 41.7 Å². The minimum Gasteiger partial charge on any atom is -0.349 e. The van der Waals surface area contributed by atoms with Crippen molar-refractivity contribution in [1.82, 2.24) is 19.8 Å². The molecule has 0 bridgehead atoms. The summed E-state index contributed by atoms with van der Waals surface area (Å²) in [4.78, 5) is 11.0. The van der Waals surface area contributed by atoms with E-state index in [9.17, 15) is 4.39 Å². The second kappa shape index (κ2) is 7.47. The normalized spacial score (nSPS) is 18.2. The van der Waals surface area contributed by atoms with Gasteiger partial charge in [0.05, 0.1) is 6.54 Å². The zero-order valence-electron chi connectivity index (χ0n) is 14.2. The predicted molar refractivity (Wildman–Crippen MR) is 93.2 cm³/mol. The van der Waals surface area contributed by atoms with Crippen LogP contribution in [-0.2, 0) is 20.0 Å². The molecule has 128 valence electrons. The van der Waals surface area contributed by atoms with E-state index in [2.05, 4.69) is 20.2 Å². The maximum atomic E-state index is 13.0. The number of guanidine groups is 1. The van der Waals surface area contributed by atoms with E-state index in [1.165, 1.54) is 17.7 Å². The van der Waals surface area contributed by atoms with Crippen LogP contribution >= 0.6 is 0 Å². The quantitative estimate of drug-likeness (QED) is 0.691. The number of nitrogens with one attached hydrogen (secondary N) is 1. The maximum Gasteiger partial charge on any atom is 0.194 e. The van der Waals surface area contributed by atoms with Crippen molar-refractivity contribution < 1.29 is 4.39 Å². The Hall–Kier alpha value is -2.37. The van der Waals surface area contributed by atoms with Crippen LogP contribution in [0, 0.1) is 11.7 Å². The van der Waals surface area contributed by atoms with Crippen molar-refractivity contribution in [2.45, 2.75) is 19.4 Å². The molecule has 2 heterocycles. The average molecular weight is 329 g/mol. The monoisotopic (exact) mass is 329 g/mol. The smallest absolute Gasteiger partial charge is 0.194 e. The Morgan fingerprint density at radius 2 is 2.17 bits per heavy atom. The van der Waals surface area contributed by atoms with Gasteiger partial charge in [0.25, 0.3) is 0 Å². The fourth-order valence-electron chi connectivity index (χ4n) is 3.20. The Morgan fingerprint density at radius 3 is 2.83 bits per heavy atom. The molecule has 24 heavy (non-hydrogen) atoms. The lowest BCUT2D eigenvalue weighted by Gasteiger charge is -2.21. The number of likely N-dealkylation sites (tertiary alicyclic amines) is 1. The summed E-state index contributed by atoms with van der Waals surface area (Å²) < 4.78 is 15.0. The van der Waals surface area contributed by atoms with Crippen molar-refractivity contribution >= 4 is 5.96 Å². The molecule has 3 rings (SSSR count). The summed E-state index contributed by atoms with van der Waals surface area (Å²) in [6, 6.07) is 6.84. The summed E-state index contributed by atoms with van der Waals surface area (Å²) in [5, 5.41) is 3.39. The van der Waals surface area contributed by atoms with E-state index < -0.39 is 0 Å². The van der Waals surface area contributed by atoms with Crippen LogP contribution in [0.25, 0.3) is 0 Å². The van der Waals surface area contributed by atoms with Crippen molar-refractivity contribution in [2.24, 2.45) is 18.0 Å². The fraction of sp³-hybridized carbons (Fsp3) is 0.444. The van der Waals surface area contributed by atoms with Gasteiger partial charge in [0.15, 0.2) is 5.96 Å². The lowest BCUT2D eigenvalue weighted by molar-refractivity contribution is 0.458. The molecule has 6 heteroatoms. The van der Waals surface area contributed by atoms with Gasteiger partial charge in [-0.25, -0.2) is 9.37 Å². The average Bonchev–Trinajstić information content (AvgIpc) is 3.20. The summed E-state index contributed by atoms with van der Waals surface area (Å²) in [6.07, 6.45) is 5.84. The number of aliphatic imine (C=N–C) groups is 1.